The van der Waals surface area contributed by atoms with Crippen LogP contribution in [0, 0.1) is 13.8 Å². The monoisotopic (exact) mass is 311 g/mol. The van der Waals surface area contributed by atoms with Gasteiger partial charge in [0, 0.05) is 10.2 Å². The first-order chi connectivity index (χ1) is 8.19. The Kier molecular flexibility index (Phi) is 4.18. The third-order valence-electron chi connectivity index (χ3n) is 2.51. The number of aryl methyl sites for hydroxylation is 2. The number of hydrogen-bond acceptors (Lipinski definition) is 3. The highest BCUT2D eigenvalue weighted by Crippen LogP contribution is 2.19. The van der Waals surface area contributed by atoms with Crippen LogP contribution in [0.15, 0.2) is 24.3 Å². The molecule has 1 heterocycles. The molecule has 0 aliphatic heterocycles. The topological polar surface area (TPSA) is 22.1 Å². The van der Waals surface area contributed by atoms with E-state index in [1.165, 1.54) is 10.4 Å². The van der Waals surface area contributed by atoms with Gasteiger partial charge in [-0.1, -0.05) is 28.1 Å². The van der Waals surface area contributed by atoms with E-state index in [1.54, 1.807) is 11.3 Å². The summed E-state index contributed by atoms with van der Waals surface area (Å²) in [6.45, 7) is 4.66. The zero-order valence-electron chi connectivity index (χ0n) is 9.87. The van der Waals surface area contributed by atoms with Crippen molar-refractivity contribution in [1.82, 2.24) is 4.98 Å². The van der Waals surface area contributed by atoms with Crippen molar-refractivity contribution in [3.63, 3.8) is 0 Å². The molecule has 0 N–H and O–H groups in total. The van der Waals surface area contributed by atoms with Crippen LogP contribution in [0.25, 0.3) is 0 Å². The van der Waals surface area contributed by atoms with Crippen LogP contribution < -0.4 is 4.74 Å². The second-order valence-corrected chi connectivity index (χ2v) is 5.66. The first kappa shape index (κ1) is 12.6. The molecule has 2 rings (SSSR count). The van der Waals surface area contributed by atoms with E-state index in [9.17, 15) is 0 Å². The second kappa shape index (κ2) is 5.65. The molecular formula is C13H14BrNOS. The molecule has 0 atom stereocenters. The molecule has 0 saturated heterocycles. The van der Waals surface area contributed by atoms with E-state index in [0.717, 1.165) is 21.8 Å². The number of benzene rings is 1. The summed E-state index contributed by atoms with van der Waals surface area (Å²) < 4.78 is 5.69. The molecule has 1 aromatic carbocycles. The molecule has 0 saturated carbocycles. The van der Waals surface area contributed by atoms with Crippen molar-refractivity contribution in [1.29, 1.82) is 0 Å². The Morgan fingerprint density at radius 2 is 1.94 bits per heavy atom. The van der Waals surface area contributed by atoms with Crippen molar-refractivity contribution in [2.75, 3.05) is 0 Å². The third-order valence-corrected chi connectivity index (χ3v) is 4.21. The van der Waals surface area contributed by atoms with Crippen LogP contribution in [0.3, 0.4) is 0 Å². The minimum absolute atomic E-state index is 0.549. The van der Waals surface area contributed by atoms with E-state index in [-0.39, 0.29) is 0 Å². The van der Waals surface area contributed by atoms with Crippen LogP contribution in [-0.4, -0.2) is 4.98 Å². The molecule has 0 bridgehead atoms. The maximum absolute atomic E-state index is 5.69. The van der Waals surface area contributed by atoms with Gasteiger partial charge in [0.2, 0.25) is 0 Å². The fourth-order valence-corrected chi connectivity index (χ4v) is 2.64. The van der Waals surface area contributed by atoms with E-state index >= 15 is 0 Å². The summed E-state index contributed by atoms with van der Waals surface area (Å²) in [5, 5.41) is 1.91. The fraction of sp³-hybridized carbons (Fsp3) is 0.308. The Bertz CT molecular complexity index is 473. The Labute approximate surface area is 114 Å². The van der Waals surface area contributed by atoms with Gasteiger partial charge < -0.3 is 4.74 Å². The normalized spacial score (nSPS) is 10.5. The van der Waals surface area contributed by atoms with Crippen LogP contribution >= 0.6 is 27.3 Å². The van der Waals surface area contributed by atoms with Crippen molar-refractivity contribution in [3.8, 4) is 5.75 Å². The molecule has 0 fully saturated rings. The van der Waals surface area contributed by atoms with Crippen LogP contribution in [0.2, 0.25) is 0 Å². The zero-order chi connectivity index (χ0) is 12.3. The minimum Gasteiger partial charge on any atom is -0.486 e. The van der Waals surface area contributed by atoms with Crippen molar-refractivity contribution in [2.45, 2.75) is 25.8 Å². The van der Waals surface area contributed by atoms with Crippen LogP contribution in [-0.2, 0) is 11.9 Å². The zero-order valence-corrected chi connectivity index (χ0v) is 12.3. The highest BCUT2D eigenvalue weighted by Gasteiger charge is 2.04. The van der Waals surface area contributed by atoms with Crippen molar-refractivity contribution >= 4 is 27.3 Å². The summed E-state index contributed by atoms with van der Waals surface area (Å²) in [6, 6.07) is 8.10. The number of halogens is 1. The van der Waals surface area contributed by atoms with Gasteiger partial charge in [-0.25, -0.2) is 4.98 Å². The summed E-state index contributed by atoms with van der Waals surface area (Å²) in [5.74, 6) is 0.889. The Balaban J connectivity index is 1.97. The molecule has 2 nitrogen and oxygen atoms in total. The summed E-state index contributed by atoms with van der Waals surface area (Å²) in [5.41, 5.74) is 2.35. The van der Waals surface area contributed by atoms with E-state index < -0.39 is 0 Å². The molecule has 0 radical (unpaired) electrons. The van der Waals surface area contributed by atoms with E-state index in [1.807, 2.05) is 19.1 Å². The summed E-state index contributed by atoms with van der Waals surface area (Å²) in [7, 11) is 0. The molecule has 0 amide bonds. The number of hydrogen-bond donors (Lipinski definition) is 0. The lowest BCUT2D eigenvalue weighted by Crippen LogP contribution is -1.94. The number of rotatable bonds is 4. The van der Waals surface area contributed by atoms with Gasteiger partial charge in [0.1, 0.15) is 17.4 Å². The molecule has 0 aliphatic rings. The van der Waals surface area contributed by atoms with Crippen molar-refractivity contribution in [3.05, 3.63) is 45.4 Å². The summed E-state index contributed by atoms with van der Waals surface area (Å²) >= 11 is 5.12. The lowest BCUT2D eigenvalue weighted by atomic mass is 10.2. The molecule has 17 heavy (non-hydrogen) atoms. The van der Waals surface area contributed by atoms with Gasteiger partial charge in [-0.05, 0) is 31.5 Å². The van der Waals surface area contributed by atoms with E-state index in [2.05, 4.69) is 40.0 Å². The predicted molar refractivity (Wildman–Crippen MR) is 75.0 cm³/mol. The number of alkyl halides is 1. The van der Waals surface area contributed by atoms with Crippen molar-refractivity contribution < 1.29 is 4.74 Å². The number of ether oxygens (including phenoxy) is 1. The van der Waals surface area contributed by atoms with Crippen LogP contribution in [0.5, 0.6) is 5.75 Å². The number of nitrogens with zero attached hydrogens (tertiary/aromatic N) is 1. The van der Waals surface area contributed by atoms with E-state index in [4.69, 9.17) is 4.74 Å². The Morgan fingerprint density at radius 1 is 1.24 bits per heavy atom. The van der Waals surface area contributed by atoms with Crippen molar-refractivity contribution in [2.24, 2.45) is 0 Å². The first-order valence-corrected chi connectivity index (χ1v) is 7.33. The summed E-state index contributed by atoms with van der Waals surface area (Å²) in [6.07, 6.45) is 0. The number of thiazole rings is 1. The predicted octanol–water partition coefficient (Wildman–Crippen LogP) is 4.23. The van der Waals surface area contributed by atoms with Gasteiger partial charge >= 0.3 is 0 Å². The van der Waals surface area contributed by atoms with Crippen LogP contribution in [0.4, 0.5) is 0 Å². The molecule has 0 unspecified atom stereocenters. The van der Waals surface area contributed by atoms with Crippen LogP contribution in [0.1, 0.15) is 21.1 Å². The van der Waals surface area contributed by atoms with Gasteiger partial charge in [0.15, 0.2) is 0 Å². The van der Waals surface area contributed by atoms with Gasteiger partial charge in [0.05, 0.1) is 5.69 Å². The lowest BCUT2D eigenvalue weighted by Gasteiger charge is -2.04. The van der Waals surface area contributed by atoms with Gasteiger partial charge in [0.25, 0.3) is 0 Å². The molecule has 90 valence electrons. The first-order valence-electron chi connectivity index (χ1n) is 5.39. The maximum atomic E-state index is 5.69. The standard InChI is InChI=1S/C13H14BrNOS/c1-9-10(2)17-13(15-9)8-16-12-5-3-11(7-14)4-6-12/h3-6H,7-8H2,1-2H3. The molecule has 0 spiro atoms. The average molecular weight is 312 g/mol. The second-order valence-electron chi connectivity index (χ2n) is 3.82. The third kappa shape index (κ3) is 3.30. The molecule has 2 aromatic rings. The van der Waals surface area contributed by atoms with Gasteiger partial charge in [-0.2, -0.15) is 0 Å². The molecule has 4 heteroatoms. The summed E-state index contributed by atoms with van der Waals surface area (Å²) in [4.78, 5) is 5.71. The van der Waals surface area contributed by atoms with Gasteiger partial charge in [-0.15, -0.1) is 11.3 Å². The quantitative estimate of drug-likeness (QED) is 0.788. The average Bonchev–Trinajstić information content (AvgIpc) is 2.67. The SMILES string of the molecule is Cc1nc(COc2ccc(CBr)cc2)sc1C. The molecule has 0 aliphatic carbocycles. The Morgan fingerprint density at radius 3 is 2.47 bits per heavy atom. The molecule has 1 aromatic heterocycles. The fourth-order valence-electron chi connectivity index (χ4n) is 1.42. The largest absolute Gasteiger partial charge is 0.486 e. The highest BCUT2D eigenvalue weighted by atomic mass is 79.9. The Hall–Kier alpha value is -0.870. The maximum Gasteiger partial charge on any atom is 0.140 e. The number of aromatic nitrogens is 1. The van der Waals surface area contributed by atoms with E-state index in [0.29, 0.717) is 6.61 Å². The molecular weight excluding hydrogens is 298 g/mol. The smallest absolute Gasteiger partial charge is 0.140 e. The minimum atomic E-state index is 0.549. The highest BCUT2D eigenvalue weighted by molar-refractivity contribution is 9.08. The van der Waals surface area contributed by atoms with Gasteiger partial charge in [-0.3, -0.25) is 0 Å². The lowest BCUT2D eigenvalue weighted by molar-refractivity contribution is 0.305.